The van der Waals surface area contributed by atoms with Crippen molar-refractivity contribution in [2.45, 2.75) is 24.5 Å². The normalized spacial score (nSPS) is 22.8. The summed E-state index contributed by atoms with van der Waals surface area (Å²) >= 11 is 7.78. The van der Waals surface area contributed by atoms with Crippen LogP contribution >= 0.6 is 34.9 Å². The van der Waals surface area contributed by atoms with Crippen molar-refractivity contribution in [2.24, 2.45) is 0 Å². The Morgan fingerprint density at radius 3 is 2.82 bits per heavy atom. The number of carboxylic acids is 1. The first kappa shape index (κ1) is 29.4. The van der Waals surface area contributed by atoms with Crippen LogP contribution in [-0.2, 0) is 32.1 Å². The molecular formula is C19H21I2N9O5S3-2. The van der Waals surface area contributed by atoms with Gasteiger partial charge in [-0.15, -0.1) is 16.4 Å². The van der Waals surface area contributed by atoms with Gasteiger partial charge in [-0.2, -0.15) is 11.8 Å². The maximum atomic E-state index is 13.4. The summed E-state index contributed by atoms with van der Waals surface area (Å²) in [5.74, 6) is -1.56. The molecule has 1 saturated heterocycles. The Morgan fingerprint density at radius 2 is 2.13 bits per heavy atom. The van der Waals surface area contributed by atoms with E-state index in [0.29, 0.717) is 40.3 Å². The summed E-state index contributed by atoms with van der Waals surface area (Å²) in [4.78, 5) is 56.5. The number of tetrazole rings is 1. The number of nitrogens with one attached hydrogen (secondary N) is 2. The number of halogens is 2. The average Bonchev–Trinajstić information content (AvgIpc) is 3.50. The number of amides is 3. The van der Waals surface area contributed by atoms with E-state index in [1.165, 1.54) is 39.8 Å². The van der Waals surface area contributed by atoms with Crippen molar-refractivity contribution in [3.63, 3.8) is 0 Å². The Bertz CT molecular complexity index is 1300. The van der Waals surface area contributed by atoms with E-state index in [4.69, 9.17) is 0 Å². The molecule has 0 bridgehead atoms. The molecular weight excluding hydrogens is 784 g/mol. The third-order valence-corrected chi connectivity index (χ3v) is 13.8. The lowest BCUT2D eigenvalue weighted by molar-refractivity contribution is -0.618. The van der Waals surface area contributed by atoms with Gasteiger partial charge in [0.2, 0.25) is 23.4 Å². The molecule has 19 heteroatoms. The molecule has 2 aliphatic rings. The van der Waals surface area contributed by atoms with Crippen molar-refractivity contribution in [1.82, 2.24) is 40.3 Å². The first-order valence-electron chi connectivity index (χ1n) is 10.8. The van der Waals surface area contributed by atoms with Crippen LogP contribution in [0.25, 0.3) is 0 Å². The van der Waals surface area contributed by atoms with E-state index in [9.17, 15) is 24.3 Å². The molecule has 2 radical (unpaired) electrons. The maximum absolute atomic E-state index is 13.4. The quantitative estimate of drug-likeness (QED) is 0.0463. The molecule has 2 aromatic heterocycles. The Morgan fingerprint density at radius 1 is 1.37 bits per heavy atom. The van der Waals surface area contributed by atoms with Gasteiger partial charge in [0.1, 0.15) is 5.70 Å². The van der Waals surface area contributed by atoms with E-state index < -0.39 is 24.2 Å². The van der Waals surface area contributed by atoms with Crippen LogP contribution in [0.1, 0.15) is 5.69 Å². The minimum atomic E-state index is -1.36. The number of carboxylic acid groups (broad SMARTS) is 1. The van der Waals surface area contributed by atoms with Crippen LogP contribution < -0.4 is 55.8 Å². The van der Waals surface area contributed by atoms with Gasteiger partial charge in [-0.05, 0) is 33.0 Å². The summed E-state index contributed by atoms with van der Waals surface area (Å²) in [6.07, 6.45) is 0.399. The fourth-order valence-electron chi connectivity index (χ4n) is 3.62. The number of aromatic nitrogens is 5. The SMILES string of the molecule is CN(C)CCn1nnnc1SCC1=C(C(=O)O)N2C(=O)[C@@]([I-])(NC(=O)Cc3csc(NC=O)n3)C2([I-])SC1. The van der Waals surface area contributed by atoms with Crippen LogP contribution in [0.4, 0.5) is 5.13 Å². The zero-order valence-corrected chi connectivity index (χ0v) is 26.6. The summed E-state index contributed by atoms with van der Waals surface area (Å²) in [7, 11) is 3.89. The predicted octanol–water partition coefficient (Wildman–Crippen LogP) is -6.91. The van der Waals surface area contributed by atoms with Crippen LogP contribution in [-0.4, -0.2) is 103 Å². The molecule has 4 rings (SSSR count). The van der Waals surface area contributed by atoms with Gasteiger partial charge in [0.05, 0.1) is 18.7 Å². The van der Waals surface area contributed by atoms with Gasteiger partial charge in [-0.25, -0.2) is 14.5 Å². The monoisotopic (exact) mass is 805 g/mol. The largest absolute Gasteiger partial charge is 0.755 e. The van der Waals surface area contributed by atoms with Crippen molar-refractivity contribution in [3.05, 3.63) is 22.3 Å². The van der Waals surface area contributed by atoms with Crippen LogP contribution in [0.5, 0.6) is 0 Å². The van der Waals surface area contributed by atoms with Crippen LogP contribution in [0, 0.1) is 0 Å². The van der Waals surface area contributed by atoms with Crippen LogP contribution in [0.15, 0.2) is 21.8 Å². The first-order chi connectivity index (χ1) is 18.0. The van der Waals surface area contributed by atoms with Crippen molar-refractivity contribution in [1.29, 1.82) is 0 Å². The Balaban J connectivity index is 1.48. The molecule has 1 fully saturated rings. The second kappa shape index (κ2) is 11.9. The molecule has 0 spiro atoms. The van der Waals surface area contributed by atoms with Gasteiger partial charge in [-0.1, -0.05) is 11.8 Å². The molecule has 0 aromatic carbocycles. The zero-order chi connectivity index (χ0) is 27.7. The molecule has 2 atom stereocenters. The average molecular weight is 805 g/mol. The molecule has 14 nitrogen and oxygen atoms in total. The maximum Gasteiger partial charge on any atom is 0.352 e. The Labute approximate surface area is 256 Å². The van der Waals surface area contributed by atoms with Crippen LogP contribution in [0.3, 0.4) is 0 Å². The highest BCUT2D eigenvalue weighted by Crippen LogP contribution is 2.46. The van der Waals surface area contributed by atoms with Crippen molar-refractivity contribution >= 4 is 64.2 Å². The highest BCUT2D eigenvalue weighted by Gasteiger charge is 2.60. The fraction of sp³-hybridized carbons (Fsp3) is 0.474. The standard InChI is InChI=1S/C19H21I2N9O5S3/c1-28(2)3-4-29-17(25-26-27-29)37-6-10-7-38-19(21)18(20,15(35)30(19)13(10)14(33)34)24-12(32)5-11-8-36-16(23-11)22-9-31/h8-9H,3-7H2,1-2H3,(H,24,32)(H,33,34)(H,22,23,31)/q-2/t18-,19?/m1/s1. The minimum absolute atomic E-state index is 0.0893. The molecule has 0 aliphatic carbocycles. The third-order valence-electron chi connectivity index (χ3n) is 5.43. The van der Waals surface area contributed by atoms with Gasteiger partial charge >= 0.3 is 5.97 Å². The number of likely N-dealkylation sites (N-methyl/N-ethyl adjacent to an activating group) is 1. The molecule has 206 valence electrons. The van der Waals surface area contributed by atoms with E-state index in [1.54, 1.807) is 10.1 Å². The number of alkyl halides is 2. The van der Waals surface area contributed by atoms with Gasteiger partial charge in [0, 0.05) is 27.0 Å². The van der Waals surface area contributed by atoms with Crippen molar-refractivity contribution in [2.75, 3.05) is 37.5 Å². The molecule has 2 aromatic rings. The predicted molar refractivity (Wildman–Crippen MR) is 130 cm³/mol. The number of hydrogen-bond donors (Lipinski definition) is 3. The summed E-state index contributed by atoms with van der Waals surface area (Å²) in [6.45, 7) is 1.32. The molecule has 2 aliphatic heterocycles. The number of aliphatic carboxylic acids is 1. The molecule has 38 heavy (non-hydrogen) atoms. The first-order valence-corrected chi connectivity index (χ1v) is 15.8. The lowest BCUT2D eigenvalue weighted by atomic mass is 10.0. The number of anilines is 1. The van der Waals surface area contributed by atoms with Gasteiger partial charge in [0.15, 0.2) is 5.13 Å². The lowest BCUT2D eigenvalue weighted by Crippen LogP contribution is -3.62. The number of carbonyl (C=O) groups excluding carboxylic acids is 3. The highest BCUT2D eigenvalue weighted by molar-refractivity contribution is 8.01. The Hall–Kier alpha value is -1.56. The molecule has 3 amide bonds. The molecule has 0 saturated carbocycles. The summed E-state index contributed by atoms with van der Waals surface area (Å²) < 4.78 is -0.743. The van der Waals surface area contributed by atoms with E-state index in [2.05, 4.69) is 31.1 Å². The van der Waals surface area contributed by atoms with Crippen molar-refractivity contribution < 1.29 is 69.5 Å². The summed E-state index contributed by atoms with van der Waals surface area (Å²) in [5.41, 5.74) is 0.920. The molecule has 4 heterocycles. The number of rotatable bonds is 12. The Kier molecular flexibility index (Phi) is 9.21. The number of nitrogens with zero attached hydrogens (tertiary/aromatic N) is 7. The van der Waals surface area contributed by atoms with Gasteiger partial charge < -0.3 is 70.7 Å². The van der Waals surface area contributed by atoms with Gasteiger partial charge in [-0.3, -0.25) is 14.4 Å². The van der Waals surface area contributed by atoms with E-state index >= 15 is 0 Å². The third kappa shape index (κ3) is 5.67. The fourth-order valence-corrected chi connectivity index (χ4v) is 9.12. The summed E-state index contributed by atoms with van der Waals surface area (Å²) in [5, 5.41) is 29.6. The van der Waals surface area contributed by atoms with E-state index in [1.807, 2.05) is 64.2 Å². The number of fused-ring (bicyclic) bond motifs is 1. The van der Waals surface area contributed by atoms with Crippen molar-refractivity contribution in [3.8, 4) is 0 Å². The van der Waals surface area contributed by atoms with E-state index in [-0.39, 0.29) is 17.9 Å². The number of hydrogen-bond acceptors (Lipinski definition) is 12. The smallest absolute Gasteiger partial charge is 0.352 e. The number of thioether (sulfide) groups is 2. The van der Waals surface area contributed by atoms with E-state index in [0.717, 1.165) is 6.54 Å². The second-order valence-corrected chi connectivity index (χ2v) is 15.2. The highest BCUT2D eigenvalue weighted by atomic mass is 127. The summed E-state index contributed by atoms with van der Waals surface area (Å²) in [6, 6.07) is 0. The minimum Gasteiger partial charge on any atom is -0.755 e. The number of carbonyl (C=O) groups is 4. The number of thiazole rings is 1. The van der Waals surface area contributed by atoms with Crippen LogP contribution in [0.2, 0.25) is 0 Å². The molecule has 3 N–H and O–H groups in total. The zero-order valence-electron chi connectivity index (χ0n) is 19.9. The number of β-lactam (4-membered cyclic amide) rings is 1. The lowest BCUT2D eigenvalue weighted by Gasteiger charge is -2.75. The topological polar surface area (TPSA) is 176 Å². The second-order valence-electron chi connectivity index (χ2n) is 8.31. The molecule has 1 unspecified atom stereocenters. The van der Waals surface area contributed by atoms with Gasteiger partial charge in [0.25, 0.3) is 0 Å².